The van der Waals surface area contributed by atoms with E-state index in [2.05, 4.69) is 20.6 Å². The van der Waals surface area contributed by atoms with E-state index >= 15 is 0 Å². The van der Waals surface area contributed by atoms with Crippen LogP contribution in [-0.2, 0) is 6.54 Å². The second kappa shape index (κ2) is 8.23. The quantitative estimate of drug-likeness (QED) is 0.731. The lowest BCUT2D eigenvalue weighted by Crippen LogP contribution is -2.24. The molecule has 1 aromatic carbocycles. The number of aryl methyl sites for hydroxylation is 1. The molecule has 6 heteroatoms. The molecule has 0 aliphatic carbocycles. The van der Waals surface area contributed by atoms with Gasteiger partial charge in [0.2, 0.25) is 0 Å². The number of nitrogens with one attached hydrogen (secondary N) is 2. The molecule has 2 aromatic heterocycles. The second-order valence-electron chi connectivity index (χ2n) is 6.18. The molecular formula is C21H20N4O2. The summed E-state index contributed by atoms with van der Waals surface area (Å²) in [5.74, 6) is -0.632. The van der Waals surface area contributed by atoms with Crippen molar-refractivity contribution in [3.63, 3.8) is 0 Å². The first kappa shape index (κ1) is 18.3. The predicted octanol–water partition coefficient (Wildman–Crippen LogP) is 3.28. The minimum atomic E-state index is -0.356. The maximum atomic E-state index is 12.5. The SMILES string of the molecule is Cc1cccc(NC(=O)c2cc(C(=O)NCc3cccnc3)ccn2)c1C. The van der Waals surface area contributed by atoms with Gasteiger partial charge in [-0.05, 0) is 54.8 Å². The van der Waals surface area contributed by atoms with Crippen molar-refractivity contribution in [1.82, 2.24) is 15.3 Å². The van der Waals surface area contributed by atoms with Crippen LogP contribution in [0.5, 0.6) is 0 Å². The topological polar surface area (TPSA) is 84.0 Å². The molecule has 0 fully saturated rings. The van der Waals surface area contributed by atoms with Gasteiger partial charge in [0.05, 0.1) is 0 Å². The van der Waals surface area contributed by atoms with Gasteiger partial charge >= 0.3 is 0 Å². The maximum absolute atomic E-state index is 12.5. The highest BCUT2D eigenvalue weighted by molar-refractivity contribution is 6.05. The lowest BCUT2D eigenvalue weighted by molar-refractivity contribution is 0.0950. The lowest BCUT2D eigenvalue weighted by atomic mass is 10.1. The fourth-order valence-corrected chi connectivity index (χ4v) is 2.56. The van der Waals surface area contributed by atoms with Gasteiger partial charge in [-0.2, -0.15) is 0 Å². The van der Waals surface area contributed by atoms with E-state index in [1.807, 2.05) is 44.2 Å². The number of benzene rings is 1. The lowest BCUT2D eigenvalue weighted by Gasteiger charge is -2.10. The van der Waals surface area contributed by atoms with Crippen LogP contribution >= 0.6 is 0 Å². The number of rotatable bonds is 5. The number of pyridine rings is 2. The Morgan fingerprint density at radius 3 is 2.63 bits per heavy atom. The molecule has 0 spiro atoms. The first-order chi connectivity index (χ1) is 13.0. The molecule has 2 heterocycles. The van der Waals surface area contributed by atoms with Crippen molar-refractivity contribution in [2.75, 3.05) is 5.32 Å². The molecule has 0 radical (unpaired) electrons. The summed E-state index contributed by atoms with van der Waals surface area (Å²) in [5.41, 5.74) is 4.27. The fraction of sp³-hybridized carbons (Fsp3) is 0.143. The first-order valence-corrected chi connectivity index (χ1v) is 8.55. The van der Waals surface area contributed by atoms with Gasteiger partial charge in [-0.3, -0.25) is 19.6 Å². The molecule has 0 saturated heterocycles. The molecule has 0 aliphatic rings. The number of carbonyl (C=O) groups excluding carboxylic acids is 2. The van der Waals surface area contributed by atoms with Crippen molar-refractivity contribution < 1.29 is 9.59 Å². The molecule has 136 valence electrons. The van der Waals surface area contributed by atoms with Crippen LogP contribution in [0.25, 0.3) is 0 Å². The summed E-state index contributed by atoms with van der Waals surface area (Å²) in [5, 5.41) is 5.66. The van der Waals surface area contributed by atoms with Gasteiger partial charge in [0.1, 0.15) is 5.69 Å². The summed E-state index contributed by atoms with van der Waals surface area (Å²) in [4.78, 5) is 33.0. The number of anilines is 1. The zero-order valence-corrected chi connectivity index (χ0v) is 15.2. The van der Waals surface area contributed by atoms with Gasteiger partial charge in [0.15, 0.2) is 0 Å². The summed E-state index contributed by atoms with van der Waals surface area (Å²) in [6.45, 7) is 4.29. The van der Waals surface area contributed by atoms with Crippen LogP contribution in [0.3, 0.4) is 0 Å². The number of hydrogen-bond acceptors (Lipinski definition) is 4. The monoisotopic (exact) mass is 360 g/mol. The second-order valence-corrected chi connectivity index (χ2v) is 6.18. The number of aromatic nitrogens is 2. The number of amides is 2. The third-order valence-corrected chi connectivity index (χ3v) is 4.28. The summed E-state index contributed by atoms with van der Waals surface area (Å²) >= 11 is 0. The largest absolute Gasteiger partial charge is 0.348 e. The zero-order chi connectivity index (χ0) is 19.2. The van der Waals surface area contributed by atoms with Crippen molar-refractivity contribution in [3.05, 3.63) is 89.0 Å². The fourth-order valence-electron chi connectivity index (χ4n) is 2.56. The van der Waals surface area contributed by atoms with Crippen molar-refractivity contribution in [2.24, 2.45) is 0 Å². The minimum absolute atomic E-state index is 0.185. The molecule has 3 rings (SSSR count). The van der Waals surface area contributed by atoms with E-state index in [4.69, 9.17) is 0 Å². The molecule has 0 aliphatic heterocycles. The summed E-state index contributed by atoms with van der Waals surface area (Å²) in [6.07, 6.45) is 4.82. The van der Waals surface area contributed by atoms with Crippen LogP contribution in [0, 0.1) is 13.8 Å². The standard InChI is InChI=1S/C21H20N4O2/c1-14-5-3-7-18(15(14)2)25-21(27)19-11-17(8-10-23-19)20(26)24-13-16-6-4-9-22-12-16/h3-12H,13H2,1-2H3,(H,24,26)(H,25,27). The van der Waals surface area contributed by atoms with Gasteiger partial charge in [0.25, 0.3) is 11.8 Å². The van der Waals surface area contributed by atoms with Crippen LogP contribution in [0.4, 0.5) is 5.69 Å². The Hall–Kier alpha value is -3.54. The molecule has 0 atom stereocenters. The van der Waals surface area contributed by atoms with Gasteiger partial charge in [0, 0.05) is 36.4 Å². The summed E-state index contributed by atoms with van der Waals surface area (Å²) < 4.78 is 0. The van der Waals surface area contributed by atoms with Crippen LogP contribution in [-0.4, -0.2) is 21.8 Å². The predicted molar refractivity (Wildman–Crippen MR) is 104 cm³/mol. The van der Waals surface area contributed by atoms with E-state index in [0.717, 1.165) is 22.4 Å². The van der Waals surface area contributed by atoms with Crippen LogP contribution < -0.4 is 10.6 Å². The van der Waals surface area contributed by atoms with E-state index in [9.17, 15) is 9.59 Å². The molecule has 3 aromatic rings. The van der Waals surface area contributed by atoms with Gasteiger partial charge < -0.3 is 10.6 Å². The van der Waals surface area contributed by atoms with E-state index in [0.29, 0.717) is 12.1 Å². The highest BCUT2D eigenvalue weighted by Crippen LogP contribution is 2.18. The van der Waals surface area contributed by atoms with E-state index in [1.165, 1.54) is 12.3 Å². The Balaban J connectivity index is 1.70. The third-order valence-electron chi connectivity index (χ3n) is 4.28. The van der Waals surface area contributed by atoms with Crippen molar-refractivity contribution >= 4 is 17.5 Å². The smallest absolute Gasteiger partial charge is 0.274 e. The minimum Gasteiger partial charge on any atom is -0.348 e. The Morgan fingerprint density at radius 2 is 1.85 bits per heavy atom. The number of hydrogen-bond donors (Lipinski definition) is 2. The maximum Gasteiger partial charge on any atom is 0.274 e. The first-order valence-electron chi connectivity index (χ1n) is 8.55. The van der Waals surface area contributed by atoms with E-state index in [-0.39, 0.29) is 17.5 Å². The Labute approximate surface area is 157 Å². The Bertz CT molecular complexity index is 971. The van der Waals surface area contributed by atoms with E-state index in [1.54, 1.807) is 18.5 Å². The number of nitrogens with zero attached hydrogens (tertiary/aromatic N) is 2. The van der Waals surface area contributed by atoms with Gasteiger partial charge in [-0.15, -0.1) is 0 Å². The van der Waals surface area contributed by atoms with Gasteiger partial charge in [-0.1, -0.05) is 18.2 Å². The van der Waals surface area contributed by atoms with Crippen molar-refractivity contribution in [1.29, 1.82) is 0 Å². The normalized spacial score (nSPS) is 10.3. The zero-order valence-electron chi connectivity index (χ0n) is 15.2. The highest BCUT2D eigenvalue weighted by atomic mass is 16.2. The van der Waals surface area contributed by atoms with Crippen LogP contribution in [0.2, 0.25) is 0 Å². The molecule has 2 N–H and O–H groups in total. The molecule has 2 amide bonds. The van der Waals surface area contributed by atoms with Gasteiger partial charge in [-0.25, -0.2) is 0 Å². The molecule has 6 nitrogen and oxygen atoms in total. The van der Waals surface area contributed by atoms with Crippen LogP contribution in [0.15, 0.2) is 61.1 Å². The number of carbonyl (C=O) groups is 2. The molecule has 0 saturated carbocycles. The molecule has 0 unspecified atom stereocenters. The molecule has 27 heavy (non-hydrogen) atoms. The summed E-state index contributed by atoms with van der Waals surface area (Å²) in [7, 11) is 0. The van der Waals surface area contributed by atoms with Crippen LogP contribution in [0.1, 0.15) is 37.5 Å². The average molecular weight is 360 g/mol. The summed E-state index contributed by atoms with van der Waals surface area (Å²) in [6, 6.07) is 12.5. The molecular weight excluding hydrogens is 340 g/mol. The average Bonchev–Trinajstić information content (AvgIpc) is 2.70. The van der Waals surface area contributed by atoms with E-state index < -0.39 is 0 Å². The Morgan fingerprint density at radius 1 is 1.00 bits per heavy atom. The Kier molecular flexibility index (Phi) is 5.56. The third kappa shape index (κ3) is 4.55. The van der Waals surface area contributed by atoms with Crippen molar-refractivity contribution in [2.45, 2.75) is 20.4 Å². The molecule has 0 bridgehead atoms. The van der Waals surface area contributed by atoms with Crippen molar-refractivity contribution in [3.8, 4) is 0 Å². The highest BCUT2D eigenvalue weighted by Gasteiger charge is 2.13.